The van der Waals surface area contributed by atoms with Crippen LogP contribution in [0.3, 0.4) is 0 Å². The monoisotopic (exact) mass is 381 g/mol. The number of hydrogen-bond donors (Lipinski definition) is 1. The molecule has 6 nitrogen and oxygen atoms in total. The van der Waals surface area contributed by atoms with E-state index in [1.165, 1.54) is 22.5 Å². The number of benzene rings is 1. The molecule has 1 aliphatic rings. The Morgan fingerprint density at radius 1 is 1.14 bits per heavy atom. The topological polar surface area (TPSA) is 65.7 Å². The number of aryl methyl sites for hydroxylation is 1. The van der Waals surface area contributed by atoms with Gasteiger partial charge in [-0.05, 0) is 42.2 Å². The number of aromatic nitrogens is 1. The Hall–Kier alpha value is -2.44. The largest absolute Gasteiger partial charge is 0.377 e. The number of anilines is 2. The van der Waals surface area contributed by atoms with Crippen molar-refractivity contribution in [3.05, 3.63) is 53.9 Å². The predicted octanol–water partition coefficient (Wildman–Crippen LogP) is 1.93. The molecule has 150 valence electrons. The van der Waals surface area contributed by atoms with Crippen molar-refractivity contribution in [1.29, 1.82) is 0 Å². The van der Waals surface area contributed by atoms with Crippen LogP contribution in [0, 0.1) is 0 Å². The number of piperazine rings is 1. The van der Waals surface area contributed by atoms with Gasteiger partial charge in [0.2, 0.25) is 0 Å². The molecule has 0 aliphatic carbocycles. The molecule has 1 unspecified atom stereocenters. The van der Waals surface area contributed by atoms with Crippen molar-refractivity contribution in [2.24, 2.45) is 5.73 Å². The van der Waals surface area contributed by atoms with Gasteiger partial charge in [-0.25, -0.2) is 0 Å². The normalized spacial score (nSPS) is 16.0. The number of nitrogens with two attached hydrogens (primary N) is 1. The standard InChI is InChI=1S/C22H31N5O/c1-25(2)22-15-18(3-4-19(22)5-6-20(23)17-28)16-26-11-13-27(14-12-26)21-7-9-24-10-8-21/h3-4,7-10,15,17,20H,5-6,11-14,16,23H2,1-2H3. The van der Waals surface area contributed by atoms with Crippen molar-refractivity contribution in [3.63, 3.8) is 0 Å². The Bertz CT molecular complexity index is 757. The SMILES string of the molecule is CN(C)c1cc(CN2CCN(c3ccncc3)CC2)ccc1CCC(N)C=O. The summed E-state index contributed by atoms with van der Waals surface area (Å²) in [7, 11) is 4.13. The first kappa shape index (κ1) is 20.3. The van der Waals surface area contributed by atoms with E-state index >= 15 is 0 Å². The Morgan fingerprint density at radius 2 is 1.86 bits per heavy atom. The number of carbonyl (C=O) groups is 1. The second kappa shape index (κ2) is 9.66. The molecule has 28 heavy (non-hydrogen) atoms. The van der Waals surface area contributed by atoms with Gasteiger partial charge < -0.3 is 20.3 Å². The van der Waals surface area contributed by atoms with Gasteiger partial charge in [-0.2, -0.15) is 0 Å². The van der Waals surface area contributed by atoms with E-state index in [1.54, 1.807) is 0 Å². The molecule has 3 rings (SSSR count). The molecule has 0 bridgehead atoms. The van der Waals surface area contributed by atoms with Crippen molar-refractivity contribution >= 4 is 17.7 Å². The molecule has 0 amide bonds. The maximum absolute atomic E-state index is 10.8. The molecule has 2 heterocycles. The molecule has 1 aromatic carbocycles. The lowest BCUT2D eigenvalue weighted by molar-refractivity contribution is -0.109. The molecule has 1 atom stereocenters. The van der Waals surface area contributed by atoms with Crippen molar-refractivity contribution in [1.82, 2.24) is 9.88 Å². The van der Waals surface area contributed by atoms with Gasteiger partial charge in [0, 0.05) is 70.6 Å². The van der Waals surface area contributed by atoms with Crippen LogP contribution in [0.4, 0.5) is 11.4 Å². The van der Waals surface area contributed by atoms with E-state index in [1.807, 2.05) is 12.4 Å². The van der Waals surface area contributed by atoms with Crippen LogP contribution in [0.1, 0.15) is 17.5 Å². The van der Waals surface area contributed by atoms with Gasteiger partial charge in [0.15, 0.2) is 0 Å². The Balaban J connectivity index is 1.60. The van der Waals surface area contributed by atoms with Crippen LogP contribution in [0.2, 0.25) is 0 Å². The first-order valence-corrected chi connectivity index (χ1v) is 9.94. The van der Waals surface area contributed by atoms with Gasteiger partial charge in [0.25, 0.3) is 0 Å². The highest BCUT2D eigenvalue weighted by Crippen LogP contribution is 2.24. The summed E-state index contributed by atoms with van der Waals surface area (Å²) in [5, 5.41) is 0. The highest BCUT2D eigenvalue weighted by Gasteiger charge is 2.18. The molecule has 1 aliphatic heterocycles. The minimum absolute atomic E-state index is 0.383. The summed E-state index contributed by atoms with van der Waals surface area (Å²) in [6.07, 6.45) is 6.04. The summed E-state index contributed by atoms with van der Waals surface area (Å²) in [5.74, 6) is 0. The van der Waals surface area contributed by atoms with E-state index < -0.39 is 0 Å². The minimum Gasteiger partial charge on any atom is -0.377 e. The van der Waals surface area contributed by atoms with E-state index in [0.29, 0.717) is 6.42 Å². The predicted molar refractivity (Wildman–Crippen MR) is 115 cm³/mol. The van der Waals surface area contributed by atoms with Crippen LogP contribution in [-0.2, 0) is 17.8 Å². The van der Waals surface area contributed by atoms with Gasteiger partial charge in [-0.15, -0.1) is 0 Å². The van der Waals surface area contributed by atoms with Gasteiger partial charge in [0.1, 0.15) is 6.29 Å². The third-order valence-electron chi connectivity index (χ3n) is 5.36. The molecular weight excluding hydrogens is 350 g/mol. The zero-order chi connectivity index (χ0) is 19.9. The third kappa shape index (κ3) is 5.30. The summed E-state index contributed by atoms with van der Waals surface area (Å²) in [6.45, 7) is 5.13. The zero-order valence-electron chi connectivity index (χ0n) is 16.9. The second-order valence-corrected chi connectivity index (χ2v) is 7.66. The first-order chi connectivity index (χ1) is 13.6. The van der Waals surface area contributed by atoms with Crippen molar-refractivity contribution < 1.29 is 4.79 Å². The van der Waals surface area contributed by atoms with Crippen molar-refractivity contribution in [3.8, 4) is 0 Å². The van der Waals surface area contributed by atoms with E-state index in [-0.39, 0.29) is 6.04 Å². The lowest BCUT2D eigenvalue weighted by atomic mass is 10.0. The zero-order valence-corrected chi connectivity index (χ0v) is 16.9. The smallest absolute Gasteiger partial charge is 0.136 e. The van der Waals surface area contributed by atoms with Crippen LogP contribution in [0.15, 0.2) is 42.7 Å². The van der Waals surface area contributed by atoms with E-state index in [2.05, 4.69) is 64.1 Å². The lowest BCUT2D eigenvalue weighted by Crippen LogP contribution is -2.45. The molecular formula is C22H31N5O. The Kier molecular flexibility index (Phi) is 7.01. The number of carbonyl (C=O) groups excluding carboxylic acids is 1. The van der Waals surface area contributed by atoms with Crippen molar-refractivity contribution in [2.75, 3.05) is 50.1 Å². The maximum Gasteiger partial charge on any atom is 0.136 e. The van der Waals surface area contributed by atoms with Gasteiger partial charge in [-0.1, -0.05) is 12.1 Å². The van der Waals surface area contributed by atoms with E-state index in [4.69, 9.17) is 5.73 Å². The molecule has 1 saturated heterocycles. The van der Waals surface area contributed by atoms with Gasteiger partial charge in [0.05, 0.1) is 6.04 Å². The highest BCUT2D eigenvalue weighted by molar-refractivity contribution is 5.58. The van der Waals surface area contributed by atoms with Crippen molar-refractivity contribution in [2.45, 2.75) is 25.4 Å². The lowest BCUT2D eigenvalue weighted by Gasteiger charge is -2.36. The molecule has 1 aromatic heterocycles. The summed E-state index contributed by atoms with van der Waals surface area (Å²) in [5.41, 5.74) is 10.8. The number of hydrogen-bond acceptors (Lipinski definition) is 6. The average molecular weight is 382 g/mol. The fraction of sp³-hybridized carbons (Fsp3) is 0.455. The molecule has 1 fully saturated rings. The fourth-order valence-corrected chi connectivity index (χ4v) is 3.70. The van der Waals surface area contributed by atoms with Crippen LogP contribution in [0.5, 0.6) is 0 Å². The van der Waals surface area contributed by atoms with Gasteiger partial charge in [-0.3, -0.25) is 9.88 Å². The quantitative estimate of drug-likeness (QED) is 0.705. The molecule has 6 heteroatoms. The Morgan fingerprint density at radius 3 is 2.50 bits per heavy atom. The summed E-state index contributed by atoms with van der Waals surface area (Å²) < 4.78 is 0. The number of pyridine rings is 1. The minimum atomic E-state index is -0.383. The number of nitrogens with zero attached hydrogens (tertiary/aromatic N) is 4. The molecule has 0 radical (unpaired) electrons. The number of aldehydes is 1. The number of rotatable bonds is 8. The highest BCUT2D eigenvalue weighted by atomic mass is 16.1. The third-order valence-corrected chi connectivity index (χ3v) is 5.36. The summed E-state index contributed by atoms with van der Waals surface area (Å²) >= 11 is 0. The van der Waals surface area contributed by atoms with Crippen LogP contribution in [-0.4, -0.2) is 62.5 Å². The fourth-order valence-electron chi connectivity index (χ4n) is 3.70. The van der Waals surface area contributed by atoms with Crippen LogP contribution < -0.4 is 15.5 Å². The van der Waals surface area contributed by atoms with E-state index in [9.17, 15) is 4.79 Å². The Labute approximate surface area is 167 Å². The maximum atomic E-state index is 10.8. The second-order valence-electron chi connectivity index (χ2n) is 7.66. The molecule has 0 spiro atoms. The summed E-state index contributed by atoms with van der Waals surface area (Å²) in [4.78, 5) is 22.0. The van der Waals surface area contributed by atoms with Crippen LogP contribution in [0.25, 0.3) is 0 Å². The molecule has 2 N–H and O–H groups in total. The van der Waals surface area contributed by atoms with Gasteiger partial charge >= 0.3 is 0 Å². The molecule has 0 saturated carbocycles. The molecule has 2 aromatic rings. The average Bonchev–Trinajstić information content (AvgIpc) is 2.73. The van der Waals surface area contributed by atoms with E-state index in [0.717, 1.165) is 45.4 Å². The first-order valence-electron chi connectivity index (χ1n) is 9.94. The van der Waals surface area contributed by atoms with Crippen LogP contribution >= 0.6 is 0 Å². The summed E-state index contributed by atoms with van der Waals surface area (Å²) in [6, 6.07) is 10.4.